The number of oxazole rings is 1. The number of aromatic nitrogens is 3. The predicted molar refractivity (Wildman–Crippen MR) is 105 cm³/mol. The van der Waals surface area contributed by atoms with E-state index in [4.69, 9.17) is 4.42 Å². The van der Waals surface area contributed by atoms with Gasteiger partial charge < -0.3 is 9.32 Å². The fourth-order valence-corrected chi connectivity index (χ4v) is 3.60. The van der Waals surface area contributed by atoms with Gasteiger partial charge >= 0.3 is 0 Å². The molecule has 2 aromatic heterocycles. The Morgan fingerprint density at radius 3 is 2.66 bits per heavy atom. The molecule has 0 bridgehead atoms. The third-order valence-corrected chi connectivity index (χ3v) is 5.49. The summed E-state index contributed by atoms with van der Waals surface area (Å²) in [6.07, 6.45) is 6.84. The number of hydrogen-bond acceptors (Lipinski definition) is 5. The molecule has 1 aromatic carbocycles. The van der Waals surface area contributed by atoms with E-state index in [0.717, 1.165) is 24.1 Å². The van der Waals surface area contributed by atoms with Crippen LogP contribution >= 0.6 is 0 Å². The summed E-state index contributed by atoms with van der Waals surface area (Å²) in [5.41, 5.74) is 1.76. The smallest absolute Gasteiger partial charge is 0.274 e. The molecular weight excluding hydrogens is 371 g/mol. The summed E-state index contributed by atoms with van der Waals surface area (Å²) < 4.78 is 19.4. The van der Waals surface area contributed by atoms with Crippen LogP contribution in [0.3, 0.4) is 0 Å². The highest BCUT2D eigenvalue weighted by molar-refractivity contribution is 5.92. The third kappa shape index (κ3) is 4.18. The van der Waals surface area contributed by atoms with Crippen LogP contribution in [0.15, 0.2) is 47.3 Å². The number of piperidine rings is 1. The van der Waals surface area contributed by atoms with E-state index < -0.39 is 0 Å². The van der Waals surface area contributed by atoms with Crippen molar-refractivity contribution in [3.63, 3.8) is 0 Å². The maximum absolute atomic E-state index is 13.4. The molecule has 29 heavy (non-hydrogen) atoms. The molecule has 6 nitrogen and oxygen atoms in total. The van der Waals surface area contributed by atoms with Crippen LogP contribution in [0.5, 0.6) is 0 Å². The molecule has 0 atom stereocenters. The van der Waals surface area contributed by atoms with E-state index in [2.05, 4.69) is 21.9 Å². The van der Waals surface area contributed by atoms with Crippen molar-refractivity contribution in [2.75, 3.05) is 13.1 Å². The Kier molecular flexibility index (Phi) is 5.13. The van der Waals surface area contributed by atoms with Gasteiger partial charge in [0.15, 0.2) is 5.89 Å². The minimum absolute atomic E-state index is 0.0984. The van der Waals surface area contributed by atoms with Crippen molar-refractivity contribution in [3.05, 3.63) is 77.3 Å². The lowest BCUT2D eigenvalue weighted by Crippen LogP contribution is -2.44. The van der Waals surface area contributed by atoms with Gasteiger partial charge in [0.1, 0.15) is 17.3 Å². The van der Waals surface area contributed by atoms with Crippen LogP contribution in [-0.4, -0.2) is 38.8 Å². The Balaban J connectivity index is 1.41. The number of carbonyl (C=O) groups excluding carboxylic acids is 1. The Morgan fingerprint density at radius 1 is 1.17 bits per heavy atom. The van der Waals surface area contributed by atoms with Gasteiger partial charge in [-0.05, 0) is 37.5 Å². The summed E-state index contributed by atoms with van der Waals surface area (Å²) in [6, 6.07) is 6.48. The summed E-state index contributed by atoms with van der Waals surface area (Å²) in [6.45, 7) is 5.16. The monoisotopic (exact) mass is 394 g/mol. The zero-order chi connectivity index (χ0) is 20.4. The summed E-state index contributed by atoms with van der Waals surface area (Å²) in [5, 5.41) is 0. The van der Waals surface area contributed by atoms with Crippen molar-refractivity contribution in [3.8, 4) is 0 Å². The molecule has 0 aliphatic carbocycles. The number of nitrogens with zero attached hydrogens (tertiary/aromatic N) is 4. The lowest BCUT2D eigenvalue weighted by atomic mass is 9.80. The molecule has 0 N–H and O–H groups in total. The molecular formula is C22H23FN4O2. The number of rotatable bonds is 4. The zero-order valence-corrected chi connectivity index (χ0v) is 16.6. The molecule has 3 heterocycles. The normalized spacial score (nSPS) is 16.0. The van der Waals surface area contributed by atoms with Crippen LogP contribution in [0.1, 0.15) is 53.2 Å². The molecule has 3 aromatic rings. The van der Waals surface area contributed by atoms with Gasteiger partial charge in [0, 0.05) is 31.1 Å². The fraction of sp³-hybridized carbons (Fsp3) is 0.364. The second kappa shape index (κ2) is 7.73. The molecule has 1 fully saturated rings. The van der Waals surface area contributed by atoms with Gasteiger partial charge in [-0.3, -0.25) is 9.78 Å². The summed E-state index contributed by atoms with van der Waals surface area (Å²) in [4.78, 5) is 27.3. The van der Waals surface area contributed by atoms with Crippen molar-refractivity contribution in [2.24, 2.45) is 0 Å². The Hall–Kier alpha value is -3.09. The highest BCUT2D eigenvalue weighted by Crippen LogP contribution is 2.35. The van der Waals surface area contributed by atoms with Crippen molar-refractivity contribution in [2.45, 2.75) is 38.5 Å². The lowest BCUT2D eigenvalue weighted by Gasteiger charge is -2.37. The van der Waals surface area contributed by atoms with Crippen LogP contribution in [-0.2, 0) is 11.8 Å². The van der Waals surface area contributed by atoms with Gasteiger partial charge in [-0.25, -0.2) is 14.4 Å². The predicted octanol–water partition coefficient (Wildman–Crippen LogP) is 3.70. The topological polar surface area (TPSA) is 72.1 Å². The van der Waals surface area contributed by atoms with Crippen molar-refractivity contribution in [1.82, 2.24) is 19.9 Å². The van der Waals surface area contributed by atoms with Crippen LogP contribution in [0.25, 0.3) is 0 Å². The van der Waals surface area contributed by atoms with E-state index in [1.807, 2.05) is 13.0 Å². The highest BCUT2D eigenvalue weighted by Gasteiger charge is 2.37. The van der Waals surface area contributed by atoms with E-state index in [9.17, 15) is 9.18 Å². The standard InChI is InChI=1S/C22H23FN4O2/c1-15-12-25-19(14-24-15)20(28)27-8-6-22(2,7-9-27)21-26-13-18(29-21)11-16-4-3-5-17(23)10-16/h3-5,10,12-14H,6-9,11H2,1-2H3. The van der Waals surface area contributed by atoms with Crippen LogP contribution in [0.2, 0.25) is 0 Å². The Labute approximate surface area is 168 Å². The molecule has 0 unspecified atom stereocenters. The minimum Gasteiger partial charge on any atom is -0.445 e. The molecule has 4 rings (SSSR count). The van der Waals surface area contributed by atoms with Crippen molar-refractivity contribution >= 4 is 5.91 Å². The van der Waals surface area contributed by atoms with E-state index in [-0.39, 0.29) is 17.1 Å². The molecule has 0 radical (unpaired) electrons. The van der Waals surface area contributed by atoms with Gasteiger partial charge in [-0.2, -0.15) is 0 Å². The number of halogens is 1. The number of amides is 1. The maximum Gasteiger partial charge on any atom is 0.274 e. The van der Waals surface area contributed by atoms with E-state index in [1.165, 1.54) is 18.3 Å². The number of aryl methyl sites for hydroxylation is 1. The molecule has 150 valence electrons. The lowest BCUT2D eigenvalue weighted by molar-refractivity contribution is 0.0651. The van der Waals surface area contributed by atoms with Gasteiger partial charge in [0.05, 0.1) is 18.1 Å². The second-order valence-corrected chi connectivity index (χ2v) is 7.83. The molecule has 1 amide bonds. The maximum atomic E-state index is 13.4. The van der Waals surface area contributed by atoms with E-state index in [0.29, 0.717) is 36.9 Å². The van der Waals surface area contributed by atoms with Crippen LogP contribution in [0, 0.1) is 12.7 Å². The van der Waals surface area contributed by atoms with Gasteiger partial charge in [-0.15, -0.1) is 0 Å². The molecule has 0 saturated carbocycles. The van der Waals surface area contributed by atoms with Crippen molar-refractivity contribution in [1.29, 1.82) is 0 Å². The largest absolute Gasteiger partial charge is 0.445 e. The number of likely N-dealkylation sites (tertiary alicyclic amines) is 1. The molecule has 1 aliphatic rings. The molecule has 1 saturated heterocycles. The summed E-state index contributed by atoms with van der Waals surface area (Å²) in [7, 11) is 0. The highest BCUT2D eigenvalue weighted by atomic mass is 19.1. The average Bonchev–Trinajstić information content (AvgIpc) is 3.18. The Bertz CT molecular complexity index is 1010. The SMILES string of the molecule is Cc1cnc(C(=O)N2CCC(C)(c3ncc(Cc4cccc(F)c4)o3)CC2)cn1. The molecule has 1 aliphatic heterocycles. The third-order valence-electron chi connectivity index (χ3n) is 5.49. The first-order chi connectivity index (χ1) is 13.9. The summed E-state index contributed by atoms with van der Waals surface area (Å²) >= 11 is 0. The first-order valence-electron chi connectivity index (χ1n) is 9.70. The molecule has 0 spiro atoms. The fourth-order valence-electron chi connectivity index (χ4n) is 3.60. The van der Waals surface area contributed by atoms with Gasteiger partial charge in [0.2, 0.25) is 0 Å². The summed E-state index contributed by atoms with van der Waals surface area (Å²) in [5.74, 6) is 1.02. The minimum atomic E-state index is -0.260. The quantitative estimate of drug-likeness (QED) is 0.675. The van der Waals surface area contributed by atoms with Gasteiger partial charge in [-0.1, -0.05) is 19.1 Å². The molecule has 7 heteroatoms. The average molecular weight is 394 g/mol. The van der Waals surface area contributed by atoms with E-state index in [1.54, 1.807) is 23.4 Å². The van der Waals surface area contributed by atoms with Crippen LogP contribution in [0.4, 0.5) is 4.39 Å². The van der Waals surface area contributed by atoms with Crippen molar-refractivity contribution < 1.29 is 13.6 Å². The number of benzene rings is 1. The number of carbonyl (C=O) groups is 1. The van der Waals surface area contributed by atoms with Gasteiger partial charge in [0.25, 0.3) is 5.91 Å². The van der Waals surface area contributed by atoms with E-state index >= 15 is 0 Å². The number of hydrogen-bond donors (Lipinski definition) is 0. The Morgan fingerprint density at radius 2 is 1.97 bits per heavy atom. The van der Waals surface area contributed by atoms with Crippen LogP contribution < -0.4 is 0 Å². The second-order valence-electron chi connectivity index (χ2n) is 7.83. The first kappa shape index (κ1) is 19.2. The zero-order valence-electron chi connectivity index (χ0n) is 16.6. The first-order valence-corrected chi connectivity index (χ1v) is 9.70.